The summed E-state index contributed by atoms with van der Waals surface area (Å²) in [6.45, 7) is 3.16. The van der Waals surface area contributed by atoms with E-state index < -0.39 is 0 Å². The smallest absolute Gasteiger partial charge is 0.122 e. The van der Waals surface area contributed by atoms with Gasteiger partial charge in [-0.3, -0.25) is 10.3 Å². The molecule has 0 bridgehead atoms. The average Bonchev–Trinajstić information content (AvgIpc) is 2.49. The maximum atomic E-state index is 7.45. The summed E-state index contributed by atoms with van der Waals surface area (Å²) in [7, 11) is 2.19. The Morgan fingerprint density at radius 1 is 1.33 bits per heavy atom. The molecule has 0 unspecified atom stereocenters. The summed E-state index contributed by atoms with van der Waals surface area (Å²) in [6, 6.07) is 6.33. The summed E-state index contributed by atoms with van der Waals surface area (Å²) in [6.07, 6.45) is 6.59. The third-order valence-electron chi connectivity index (χ3n) is 4.80. The summed E-state index contributed by atoms with van der Waals surface area (Å²) < 4.78 is 0. The van der Waals surface area contributed by atoms with Gasteiger partial charge >= 0.3 is 0 Å². The van der Waals surface area contributed by atoms with Crippen LogP contribution in [0.3, 0.4) is 0 Å². The molecule has 0 aliphatic heterocycles. The van der Waals surface area contributed by atoms with Crippen LogP contribution in [0, 0.1) is 11.3 Å². The van der Waals surface area contributed by atoms with E-state index in [2.05, 4.69) is 18.9 Å². The molecule has 21 heavy (non-hydrogen) atoms. The van der Waals surface area contributed by atoms with E-state index in [0.717, 1.165) is 18.0 Å². The van der Waals surface area contributed by atoms with Crippen LogP contribution in [0.2, 0.25) is 5.02 Å². The number of nitrogens with one attached hydrogen (secondary N) is 1. The van der Waals surface area contributed by atoms with E-state index in [1.54, 1.807) is 6.07 Å². The lowest BCUT2D eigenvalue weighted by atomic mass is 9.84. The maximum Gasteiger partial charge on any atom is 0.122 e. The first kappa shape index (κ1) is 16.3. The summed E-state index contributed by atoms with van der Waals surface area (Å²) in [5.74, 6) is 0.989. The predicted octanol–water partition coefficient (Wildman–Crippen LogP) is 4.02. The predicted molar refractivity (Wildman–Crippen MR) is 90.0 cm³/mol. The molecule has 1 aliphatic rings. The van der Waals surface area contributed by atoms with Gasteiger partial charge in [-0.15, -0.1) is 0 Å². The lowest BCUT2D eigenvalue weighted by Crippen LogP contribution is -2.34. The van der Waals surface area contributed by atoms with Gasteiger partial charge in [0.05, 0.1) is 0 Å². The van der Waals surface area contributed by atoms with Crippen molar-refractivity contribution in [3.63, 3.8) is 0 Å². The molecule has 1 aliphatic carbocycles. The second-order valence-corrected chi connectivity index (χ2v) is 6.62. The average molecular weight is 308 g/mol. The Morgan fingerprint density at radius 2 is 2.00 bits per heavy atom. The molecule has 1 aromatic carbocycles. The number of nitrogens with zero attached hydrogens (tertiary/aromatic N) is 1. The maximum absolute atomic E-state index is 7.45. The monoisotopic (exact) mass is 307 g/mol. The minimum atomic E-state index is 0.0645. The minimum Gasteiger partial charge on any atom is -0.384 e. The number of rotatable bonds is 5. The highest BCUT2D eigenvalue weighted by Crippen LogP contribution is 2.30. The number of hydrogen-bond donors (Lipinski definition) is 2. The highest BCUT2D eigenvalue weighted by molar-refractivity contribution is 6.31. The topological polar surface area (TPSA) is 53.1 Å². The fraction of sp³-hybridized carbons (Fsp3) is 0.588. The van der Waals surface area contributed by atoms with E-state index in [1.165, 1.54) is 32.1 Å². The quantitative estimate of drug-likeness (QED) is 0.637. The van der Waals surface area contributed by atoms with Crippen molar-refractivity contribution < 1.29 is 0 Å². The van der Waals surface area contributed by atoms with Crippen LogP contribution in [0.5, 0.6) is 0 Å². The van der Waals surface area contributed by atoms with E-state index in [-0.39, 0.29) is 5.84 Å². The van der Waals surface area contributed by atoms with Crippen molar-refractivity contribution in [2.24, 2.45) is 11.7 Å². The lowest BCUT2D eigenvalue weighted by Gasteiger charge is -2.34. The third kappa shape index (κ3) is 4.21. The van der Waals surface area contributed by atoms with Gasteiger partial charge in [0, 0.05) is 23.2 Å². The number of amidine groups is 1. The third-order valence-corrected chi connectivity index (χ3v) is 5.15. The molecule has 2 rings (SSSR count). The fourth-order valence-corrected chi connectivity index (χ4v) is 3.48. The Hall–Kier alpha value is -1.06. The molecular formula is C17H26ClN3. The Morgan fingerprint density at radius 3 is 2.52 bits per heavy atom. The molecule has 1 saturated carbocycles. The summed E-state index contributed by atoms with van der Waals surface area (Å²) >= 11 is 6.32. The molecule has 0 saturated heterocycles. The van der Waals surface area contributed by atoms with Gasteiger partial charge in [0.25, 0.3) is 0 Å². The van der Waals surface area contributed by atoms with E-state index in [4.69, 9.17) is 22.7 Å². The zero-order valence-corrected chi connectivity index (χ0v) is 13.8. The number of nitrogen functional groups attached to an aromatic ring is 1. The SMILES string of the molecule is CCC1CCC(N(C)Cc2ccc(C(=N)N)cc2Cl)CC1. The van der Waals surface area contributed by atoms with Crippen LogP contribution in [0.1, 0.15) is 50.2 Å². The summed E-state index contributed by atoms with van der Waals surface area (Å²) in [5, 5.41) is 8.16. The molecule has 1 fully saturated rings. The van der Waals surface area contributed by atoms with Crippen LogP contribution < -0.4 is 5.73 Å². The lowest BCUT2D eigenvalue weighted by molar-refractivity contribution is 0.157. The van der Waals surface area contributed by atoms with Crippen molar-refractivity contribution in [3.8, 4) is 0 Å². The van der Waals surface area contributed by atoms with Crippen LogP contribution in [0.25, 0.3) is 0 Å². The molecule has 0 atom stereocenters. The van der Waals surface area contributed by atoms with Gasteiger partial charge in [-0.1, -0.05) is 37.1 Å². The molecule has 0 aromatic heterocycles. The van der Waals surface area contributed by atoms with E-state index >= 15 is 0 Å². The first-order valence-electron chi connectivity index (χ1n) is 7.84. The van der Waals surface area contributed by atoms with Crippen molar-refractivity contribution in [1.82, 2.24) is 4.90 Å². The van der Waals surface area contributed by atoms with Crippen molar-refractivity contribution in [1.29, 1.82) is 5.41 Å². The zero-order valence-electron chi connectivity index (χ0n) is 13.0. The van der Waals surface area contributed by atoms with Gasteiger partial charge < -0.3 is 5.73 Å². The number of nitrogens with two attached hydrogens (primary N) is 1. The van der Waals surface area contributed by atoms with Gasteiger partial charge in [0.2, 0.25) is 0 Å². The molecule has 116 valence electrons. The Kier molecular flexibility index (Phi) is 5.65. The number of halogens is 1. The normalized spacial score (nSPS) is 22.5. The number of benzene rings is 1. The van der Waals surface area contributed by atoms with E-state index in [1.807, 2.05) is 12.1 Å². The largest absolute Gasteiger partial charge is 0.384 e. The molecule has 3 N–H and O–H groups in total. The summed E-state index contributed by atoms with van der Waals surface area (Å²) in [4.78, 5) is 2.42. The zero-order chi connectivity index (χ0) is 15.4. The van der Waals surface area contributed by atoms with Crippen LogP contribution in [-0.2, 0) is 6.54 Å². The second-order valence-electron chi connectivity index (χ2n) is 6.22. The van der Waals surface area contributed by atoms with Crippen molar-refractivity contribution in [2.45, 2.75) is 51.6 Å². The first-order valence-corrected chi connectivity index (χ1v) is 8.22. The standard InChI is InChI=1S/C17H26ClN3/c1-3-12-4-8-15(9-5-12)21(2)11-14-7-6-13(17(19)20)10-16(14)18/h6-7,10,12,15H,3-5,8-9,11H2,1-2H3,(H3,19,20). The highest BCUT2D eigenvalue weighted by atomic mass is 35.5. The van der Waals surface area contributed by atoms with Gasteiger partial charge in [0.1, 0.15) is 5.84 Å². The van der Waals surface area contributed by atoms with Crippen LogP contribution in [0.15, 0.2) is 18.2 Å². The number of hydrogen-bond acceptors (Lipinski definition) is 2. The first-order chi connectivity index (χ1) is 10.0. The van der Waals surface area contributed by atoms with Crippen LogP contribution in [-0.4, -0.2) is 23.8 Å². The minimum absolute atomic E-state index is 0.0645. The van der Waals surface area contributed by atoms with Gasteiger partial charge in [0.15, 0.2) is 0 Å². The molecule has 0 spiro atoms. The van der Waals surface area contributed by atoms with Crippen molar-refractivity contribution in [3.05, 3.63) is 34.3 Å². The highest BCUT2D eigenvalue weighted by Gasteiger charge is 2.23. The molecule has 0 heterocycles. The van der Waals surface area contributed by atoms with E-state index in [0.29, 0.717) is 16.6 Å². The molecule has 0 amide bonds. The Balaban J connectivity index is 1.96. The van der Waals surface area contributed by atoms with Crippen LogP contribution >= 0.6 is 11.6 Å². The van der Waals surface area contributed by atoms with Crippen molar-refractivity contribution >= 4 is 17.4 Å². The van der Waals surface area contributed by atoms with Gasteiger partial charge in [-0.25, -0.2) is 0 Å². The van der Waals surface area contributed by atoms with E-state index in [9.17, 15) is 0 Å². The Labute approximate surface area is 133 Å². The molecule has 0 radical (unpaired) electrons. The molecular weight excluding hydrogens is 282 g/mol. The Bertz CT molecular complexity index is 493. The van der Waals surface area contributed by atoms with Gasteiger partial charge in [-0.05, 0) is 50.3 Å². The second kappa shape index (κ2) is 7.28. The van der Waals surface area contributed by atoms with Crippen LogP contribution in [0.4, 0.5) is 0 Å². The summed E-state index contributed by atoms with van der Waals surface area (Å²) in [5.41, 5.74) is 7.29. The van der Waals surface area contributed by atoms with Gasteiger partial charge in [-0.2, -0.15) is 0 Å². The fourth-order valence-electron chi connectivity index (χ4n) is 3.23. The molecule has 1 aromatic rings. The molecule has 4 heteroatoms. The van der Waals surface area contributed by atoms with Crippen molar-refractivity contribution in [2.75, 3.05) is 7.05 Å². The molecule has 3 nitrogen and oxygen atoms in total.